The van der Waals surface area contributed by atoms with Gasteiger partial charge in [0, 0.05) is 29.5 Å². The maximum Gasteiger partial charge on any atom is 0.242 e. The number of halogens is 4. The molecule has 0 unspecified atom stereocenters. The molecule has 1 saturated heterocycles. The highest BCUT2D eigenvalue weighted by Crippen LogP contribution is 2.50. The molecule has 0 bridgehead atoms. The van der Waals surface area contributed by atoms with E-state index < -0.39 is 41.1 Å². The highest BCUT2D eigenvalue weighted by atomic mass is 35.5. The molecule has 4 rings (SSSR count). The van der Waals surface area contributed by atoms with Crippen LogP contribution in [0.3, 0.4) is 0 Å². The quantitative estimate of drug-likeness (QED) is 0.278. The van der Waals surface area contributed by atoms with E-state index in [-0.39, 0.29) is 32.4 Å². The molecule has 0 radical (unpaired) electrons. The van der Waals surface area contributed by atoms with E-state index in [0.717, 1.165) is 6.07 Å². The lowest BCUT2D eigenvalue weighted by Gasteiger charge is -2.40. The second kappa shape index (κ2) is 10.7. The Morgan fingerprint density at radius 2 is 1.87 bits per heavy atom. The number of benzene rings is 2. The fourth-order valence-electron chi connectivity index (χ4n) is 5.29. The Hall–Kier alpha value is -2.36. The Balaban J connectivity index is 1.92. The van der Waals surface area contributed by atoms with Crippen LogP contribution in [0.5, 0.6) is 0 Å². The van der Waals surface area contributed by atoms with Gasteiger partial charge in [0.05, 0.1) is 27.2 Å². The number of ketones is 1. The maximum atomic E-state index is 15.6. The maximum absolute atomic E-state index is 15.6. The first kappa shape index (κ1) is 28.6. The van der Waals surface area contributed by atoms with E-state index in [1.165, 1.54) is 42.5 Å². The number of carbonyl (C=O) groups excluding carboxylic acids is 2. The lowest BCUT2D eigenvalue weighted by atomic mass is 9.68. The molecule has 2 aromatic carbocycles. The molecule has 0 spiro atoms. The van der Waals surface area contributed by atoms with Gasteiger partial charge < -0.3 is 16.4 Å². The lowest BCUT2D eigenvalue weighted by molar-refractivity contribution is -0.118. The van der Waals surface area contributed by atoms with Gasteiger partial charge in [0.1, 0.15) is 11.6 Å². The molecule has 2 heterocycles. The van der Waals surface area contributed by atoms with Crippen molar-refractivity contribution in [1.29, 1.82) is 0 Å². The molecular formula is C28H29Cl2F2N3O2S. The summed E-state index contributed by atoms with van der Waals surface area (Å²) in [5, 5.41) is 7.85. The molecule has 4 atom stereocenters. The second-order valence-electron chi connectivity index (χ2n) is 10.8. The van der Waals surface area contributed by atoms with Gasteiger partial charge in [0.2, 0.25) is 5.91 Å². The number of Topliss-reactive ketones (excluding diaryl/α,β-unsaturated/α-hetero) is 1. The molecule has 5 nitrogen and oxygen atoms in total. The second-order valence-corrected chi connectivity index (χ2v) is 12.6. The Bertz CT molecular complexity index is 1390. The molecule has 202 valence electrons. The van der Waals surface area contributed by atoms with Crippen molar-refractivity contribution >= 4 is 51.9 Å². The first-order chi connectivity index (χ1) is 17.7. The Morgan fingerprint density at radius 1 is 1.16 bits per heavy atom. The smallest absolute Gasteiger partial charge is 0.242 e. The number of rotatable bonds is 6. The predicted octanol–water partition coefficient (Wildman–Crippen LogP) is 6.89. The highest BCUT2D eigenvalue weighted by Gasteiger charge is 2.58. The van der Waals surface area contributed by atoms with Gasteiger partial charge in [0.15, 0.2) is 5.78 Å². The van der Waals surface area contributed by atoms with E-state index in [2.05, 4.69) is 10.6 Å². The fourth-order valence-corrected chi connectivity index (χ4v) is 6.39. The van der Waals surface area contributed by atoms with E-state index in [4.69, 9.17) is 28.9 Å². The number of nitrogens with two attached hydrogens (primary N) is 1. The van der Waals surface area contributed by atoms with Gasteiger partial charge in [-0.15, -0.1) is 11.3 Å². The van der Waals surface area contributed by atoms with Crippen molar-refractivity contribution in [2.45, 2.75) is 57.7 Å². The van der Waals surface area contributed by atoms with Gasteiger partial charge in [0.25, 0.3) is 0 Å². The number of nitrogens with one attached hydrogen (secondary N) is 2. The first-order valence-electron chi connectivity index (χ1n) is 12.1. The SMILES string of the molecule is CC(=O)c1sccc1NC(=O)[C@@H]1N[C@@H](CC(C)(C)C)[C@](N)(c2ccc(Cl)cc2F)[C@H]1c1cccc(Cl)c1F. The van der Waals surface area contributed by atoms with E-state index in [0.29, 0.717) is 17.0 Å². The summed E-state index contributed by atoms with van der Waals surface area (Å²) in [6, 6.07) is 8.53. The van der Waals surface area contributed by atoms with Crippen LogP contribution in [0.2, 0.25) is 10.0 Å². The summed E-state index contributed by atoms with van der Waals surface area (Å²) in [6.45, 7) is 7.41. The van der Waals surface area contributed by atoms with Gasteiger partial charge >= 0.3 is 0 Å². The van der Waals surface area contributed by atoms with Crippen molar-refractivity contribution in [2.75, 3.05) is 5.32 Å². The molecule has 1 amide bonds. The minimum atomic E-state index is -1.58. The summed E-state index contributed by atoms with van der Waals surface area (Å²) in [6.07, 6.45) is 0.436. The number of hydrogen-bond acceptors (Lipinski definition) is 5. The zero-order valence-corrected chi connectivity index (χ0v) is 23.7. The number of anilines is 1. The van der Waals surface area contributed by atoms with Crippen LogP contribution in [0, 0.1) is 17.0 Å². The molecule has 1 aromatic heterocycles. The summed E-state index contributed by atoms with van der Waals surface area (Å²) in [4.78, 5) is 26.3. The Kier molecular flexibility index (Phi) is 8.04. The minimum absolute atomic E-state index is 0.0792. The topological polar surface area (TPSA) is 84.2 Å². The largest absolute Gasteiger partial charge is 0.323 e. The van der Waals surface area contributed by atoms with E-state index >= 15 is 8.78 Å². The van der Waals surface area contributed by atoms with Crippen LogP contribution < -0.4 is 16.4 Å². The molecule has 1 aliphatic heterocycles. The molecular weight excluding hydrogens is 551 g/mol. The van der Waals surface area contributed by atoms with Gasteiger partial charge in [-0.3, -0.25) is 9.59 Å². The summed E-state index contributed by atoms with van der Waals surface area (Å²) in [7, 11) is 0. The van der Waals surface area contributed by atoms with Crippen LogP contribution in [0.4, 0.5) is 14.5 Å². The zero-order chi connectivity index (χ0) is 28.0. The summed E-state index contributed by atoms with van der Waals surface area (Å²) in [5.74, 6) is -3.20. The third-order valence-corrected chi connectivity index (χ3v) is 8.40. The number of carbonyl (C=O) groups is 2. The van der Waals surface area contributed by atoms with Crippen LogP contribution in [0.1, 0.15) is 60.8 Å². The number of amides is 1. The average molecular weight is 581 g/mol. The third kappa shape index (κ3) is 5.38. The summed E-state index contributed by atoms with van der Waals surface area (Å²) >= 11 is 13.4. The summed E-state index contributed by atoms with van der Waals surface area (Å²) < 4.78 is 31.2. The van der Waals surface area contributed by atoms with E-state index in [1.807, 2.05) is 20.8 Å². The molecule has 10 heteroatoms. The molecule has 38 heavy (non-hydrogen) atoms. The Labute approximate surface area is 234 Å². The van der Waals surface area contributed by atoms with Crippen LogP contribution >= 0.6 is 34.5 Å². The monoisotopic (exact) mass is 579 g/mol. The molecule has 4 N–H and O–H groups in total. The van der Waals surface area contributed by atoms with Crippen molar-refractivity contribution < 1.29 is 18.4 Å². The number of hydrogen-bond donors (Lipinski definition) is 3. The van der Waals surface area contributed by atoms with E-state index in [1.54, 1.807) is 17.5 Å². The third-order valence-electron chi connectivity index (χ3n) is 6.86. The lowest BCUT2D eigenvalue weighted by Crippen LogP contribution is -2.52. The zero-order valence-electron chi connectivity index (χ0n) is 21.4. The molecule has 0 saturated carbocycles. The van der Waals surface area contributed by atoms with Crippen LogP contribution in [-0.2, 0) is 10.3 Å². The molecule has 1 aliphatic rings. The van der Waals surface area contributed by atoms with Crippen molar-refractivity contribution in [2.24, 2.45) is 11.1 Å². The van der Waals surface area contributed by atoms with Crippen LogP contribution in [0.15, 0.2) is 47.8 Å². The van der Waals surface area contributed by atoms with E-state index in [9.17, 15) is 9.59 Å². The Morgan fingerprint density at radius 3 is 2.50 bits per heavy atom. The van der Waals surface area contributed by atoms with Crippen molar-refractivity contribution in [3.63, 3.8) is 0 Å². The molecule has 0 aliphatic carbocycles. The molecule has 3 aromatic rings. The van der Waals surface area contributed by atoms with Crippen LogP contribution in [-0.4, -0.2) is 23.8 Å². The fraction of sp³-hybridized carbons (Fsp3) is 0.357. The minimum Gasteiger partial charge on any atom is -0.323 e. The summed E-state index contributed by atoms with van der Waals surface area (Å²) in [5.41, 5.74) is 5.83. The van der Waals surface area contributed by atoms with Gasteiger partial charge in [-0.25, -0.2) is 8.78 Å². The average Bonchev–Trinajstić information content (AvgIpc) is 3.38. The standard InChI is InChI=1S/C28H29Cl2F2N3O2S/c1-14(36)25-20(10-11-38-25)34-26(37)24-22(16-6-5-7-18(30)23(16)32)28(33,21(35-24)13-27(2,3)4)17-9-8-15(29)12-19(17)31/h5-12,21-22,24,35H,13,33H2,1-4H3,(H,34,37)/t21-,22-,24+,28+/m0/s1. The normalized spacial score (nSPS) is 23.4. The molecule has 1 fully saturated rings. The van der Waals surface area contributed by atoms with Crippen molar-refractivity contribution in [1.82, 2.24) is 5.32 Å². The highest BCUT2D eigenvalue weighted by molar-refractivity contribution is 7.12. The van der Waals surface area contributed by atoms with Gasteiger partial charge in [-0.2, -0.15) is 0 Å². The predicted molar refractivity (Wildman–Crippen MR) is 149 cm³/mol. The van der Waals surface area contributed by atoms with Crippen molar-refractivity contribution in [3.8, 4) is 0 Å². The first-order valence-corrected chi connectivity index (χ1v) is 13.7. The van der Waals surface area contributed by atoms with Gasteiger partial charge in [-0.05, 0) is 47.0 Å². The van der Waals surface area contributed by atoms with Crippen LogP contribution in [0.25, 0.3) is 0 Å². The van der Waals surface area contributed by atoms with Gasteiger partial charge in [-0.1, -0.05) is 62.2 Å². The van der Waals surface area contributed by atoms with Crippen molar-refractivity contribution in [3.05, 3.63) is 85.5 Å². The number of thiophene rings is 1.